The van der Waals surface area contributed by atoms with Crippen LogP contribution in [0.15, 0.2) is 47.2 Å². The van der Waals surface area contributed by atoms with Gasteiger partial charge in [0.1, 0.15) is 5.75 Å². The SMILES string of the molecule is Nc1cccc(OCCc2cccnc2)c1Br. The second-order valence-electron chi connectivity index (χ2n) is 3.62. The van der Waals surface area contributed by atoms with E-state index in [1.807, 2.05) is 36.5 Å². The van der Waals surface area contributed by atoms with Gasteiger partial charge in [-0.2, -0.15) is 0 Å². The summed E-state index contributed by atoms with van der Waals surface area (Å²) in [6.45, 7) is 0.605. The fraction of sp³-hybridized carbons (Fsp3) is 0.154. The number of anilines is 1. The number of halogens is 1. The minimum Gasteiger partial charge on any atom is -0.492 e. The molecule has 0 spiro atoms. The van der Waals surface area contributed by atoms with Crippen LogP contribution in [0.3, 0.4) is 0 Å². The zero-order valence-corrected chi connectivity index (χ0v) is 10.9. The van der Waals surface area contributed by atoms with E-state index in [0.29, 0.717) is 12.3 Å². The lowest BCUT2D eigenvalue weighted by Gasteiger charge is -2.09. The Morgan fingerprint density at radius 1 is 1.24 bits per heavy atom. The second kappa shape index (κ2) is 5.68. The van der Waals surface area contributed by atoms with E-state index in [0.717, 1.165) is 22.2 Å². The molecule has 0 atom stereocenters. The van der Waals surface area contributed by atoms with Crippen molar-refractivity contribution in [1.29, 1.82) is 0 Å². The van der Waals surface area contributed by atoms with Crippen molar-refractivity contribution in [3.63, 3.8) is 0 Å². The number of nitrogens with zero attached hydrogens (tertiary/aromatic N) is 1. The molecule has 1 aromatic carbocycles. The minimum absolute atomic E-state index is 0.605. The van der Waals surface area contributed by atoms with Crippen molar-refractivity contribution in [2.45, 2.75) is 6.42 Å². The van der Waals surface area contributed by atoms with Gasteiger partial charge in [-0.25, -0.2) is 0 Å². The third-order valence-corrected chi connectivity index (χ3v) is 3.21. The van der Waals surface area contributed by atoms with Gasteiger partial charge in [0.2, 0.25) is 0 Å². The first-order chi connectivity index (χ1) is 8.27. The molecule has 1 aromatic heterocycles. The van der Waals surface area contributed by atoms with Crippen LogP contribution in [-0.2, 0) is 6.42 Å². The molecule has 0 radical (unpaired) electrons. The topological polar surface area (TPSA) is 48.1 Å². The average molecular weight is 293 g/mol. The highest BCUT2D eigenvalue weighted by Gasteiger charge is 2.03. The second-order valence-corrected chi connectivity index (χ2v) is 4.41. The number of nitrogens with two attached hydrogens (primary N) is 1. The summed E-state index contributed by atoms with van der Waals surface area (Å²) in [6, 6.07) is 9.55. The molecule has 0 aliphatic rings. The number of benzene rings is 1. The summed E-state index contributed by atoms with van der Waals surface area (Å²) in [5, 5.41) is 0. The molecule has 2 rings (SSSR count). The van der Waals surface area contributed by atoms with Crippen LogP contribution < -0.4 is 10.5 Å². The lowest BCUT2D eigenvalue weighted by molar-refractivity contribution is 0.320. The van der Waals surface area contributed by atoms with Gasteiger partial charge in [-0.1, -0.05) is 12.1 Å². The summed E-state index contributed by atoms with van der Waals surface area (Å²) in [5.41, 5.74) is 7.61. The predicted molar refractivity (Wildman–Crippen MR) is 72.0 cm³/mol. The predicted octanol–water partition coefficient (Wildman–Crippen LogP) is 3.05. The Morgan fingerprint density at radius 3 is 2.88 bits per heavy atom. The van der Waals surface area contributed by atoms with E-state index in [4.69, 9.17) is 10.5 Å². The van der Waals surface area contributed by atoms with Crippen LogP contribution in [0.4, 0.5) is 5.69 Å². The van der Waals surface area contributed by atoms with Crippen LogP contribution >= 0.6 is 15.9 Å². The highest BCUT2D eigenvalue weighted by molar-refractivity contribution is 9.10. The van der Waals surface area contributed by atoms with Gasteiger partial charge in [0, 0.05) is 24.5 Å². The van der Waals surface area contributed by atoms with Crippen LogP contribution in [0.5, 0.6) is 5.75 Å². The lowest BCUT2D eigenvalue weighted by Crippen LogP contribution is -2.02. The molecule has 0 saturated heterocycles. The molecule has 0 fully saturated rings. The molecule has 0 aliphatic carbocycles. The maximum Gasteiger partial charge on any atom is 0.135 e. The van der Waals surface area contributed by atoms with Gasteiger partial charge in [-0.05, 0) is 39.7 Å². The Morgan fingerprint density at radius 2 is 2.12 bits per heavy atom. The standard InChI is InChI=1S/C13H13BrN2O/c14-13-11(15)4-1-5-12(13)17-8-6-10-3-2-7-16-9-10/h1-5,7,9H,6,8,15H2. The first-order valence-electron chi connectivity index (χ1n) is 5.33. The Labute approximate surface area is 109 Å². The van der Waals surface area contributed by atoms with Crippen molar-refractivity contribution in [2.75, 3.05) is 12.3 Å². The zero-order chi connectivity index (χ0) is 12.1. The molecule has 17 heavy (non-hydrogen) atoms. The van der Waals surface area contributed by atoms with E-state index in [1.165, 1.54) is 0 Å². The molecular formula is C13H13BrN2O. The van der Waals surface area contributed by atoms with Crippen molar-refractivity contribution in [1.82, 2.24) is 4.98 Å². The van der Waals surface area contributed by atoms with Gasteiger partial charge in [0.25, 0.3) is 0 Å². The first-order valence-corrected chi connectivity index (χ1v) is 6.12. The van der Waals surface area contributed by atoms with Gasteiger partial charge in [-0.3, -0.25) is 4.98 Å². The van der Waals surface area contributed by atoms with E-state index in [1.54, 1.807) is 6.20 Å². The highest BCUT2D eigenvalue weighted by atomic mass is 79.9. The Hall–Kier alpha value is -1.55. The Balaban J connectivity index is 1.93. The maximum atomic E-state index is 5.77. The van der Waals surface area contributed by atoms with Gasteiger partial charge in [0.05, 0.1) is 11.1 Å². The molecule has 0 amide bonds. The van der Waals surface area contributed by atoms with Crippen molar-refractivity contribution in [3.05, 3.63) is 52.8 Å². The van der Waals surface area contributed by atoms with E-state index in [2.05, 4.69) is 20.9 Å². The molecule has 0 unspecified atom stereocenters. The van der Waals surface area contributed by atoms with Crippen molar-refractivity contribution < 1.29 is 4.74 Å². The molecule has 0 aliphatic heterocycles. The van der Waals surface area contributed by atoms with Gasteiger partial charge in [0.15, 0.2) is 0 Å². The quantitative estimate of drug-likeness (QED) is 0.881. The van der Waals surface area contributed by atoms with Crippen LogP contribution in [-0.4, -0.2) is 11.6 Å². The summed E-state index contributed by atoms with van der Waals surface area (Å²) in [4.78, 5) is 4.06. The van der Waals surface area contributed by atoms with Gasteiger partial charge >= 0.3 is 0 Å². The summed E-state index contributed by atoms with van der Waals surface area (Å²) >= 11 is 3.40. The zero-order valence-electron chi connectivity index (χ0n) is 9.27. The number of ether oxygens (including phenoxy) is 1. The van der Waals surface area contributed by atoms with E-state index in [-0.39, 0.29) is 0 Å². The smallest absolute Gasteiger partial charge is 0.135 e. The van der Waals surface area contributed by atoms with Gasteiger partial charge < -0.3 is 10.5 Å². The molecular weight excluding hydrogens is 280 g/mol. The molecule has 3 nitrogen and oxygen atoms in total. The van der Waals surface area contributed by atoms with Crippen molar-refractivity contribution >= 4 is 21.6 Å². The van der Waals surface area contributed by atoms with Crippen LogP contribution in [0.1, 0.15) is 5.56 Å². The summed E-state index contributed by atoms with van der Waals surface area (Å²) in [6.07, 6.45) is 4.44. The fourth-order valence-electron chi connectivity index (χ4n) is 1.46. The fourth-order valence-corrected chi connectivity index (χ4v) is 1.84. The van der Waals surface area contributed by atoms with E-state index >= 15 is 0 Å². The van der Waals surface area contributed by atoms with Crippen LogP contribution in [0.25, 0.3) is 0 Å². The molecule has 0 bridgehead atoms. The third-order valence-electron chi connectivity index (χ3n) is 2.36. The first kappa shape index (κ1) is 11.9. The number of aromatic nitrogens is 1. The molecule has 0 saturated carbocycles. The number of nitrogen functional groups attached to an aromatic ring is 1. The number of hydrogen-bond acceptors (Lipinski definition) is 3. The van der Waals surface area contributed by atoms with E-state index in [9.17, 15) is 0 Å². The van der Waals surface area contributed by atoms with Crippen LogP contribution in [0.2, 0.25) is 0 Å². The normalized spacial score (nSPS) is 10.2. The number of pyridine rings is 1. The maximum absolute atomic E-state index is 5.77. The highest BCUT2D eigenvalue weighted by Crippen LogP contribution is 2.30. The lowest BCUT2D eigenvalue weighted by atomic mass is 10.2. The number of hydrogen-bond donors (Lipinski definition) is 1. The largest absolute Gasteiger partial charge is 0.492 e. The van der Waals surface area contributed by atoms with Crippen LogP contribution in [0, 0.1) is 0 Å². The summed E-state index contributed by atoms with van der Waals surface area (Å²) in [5.74, 6) is 0.772. The number of rotatable bonds is 4. The van der Waals surface area contributed by atoms with Gasteiger partial charge in [-0.15, -0.1) is 0 Å². The minimum atomic E-state index is 0.605. The molecule has 2 aromatic rings. The van der Waals surface area contributed by atoms with Crippen molar-refractivity contribution in [3.8, 4) is 5.75 Å². The average Bonchev–Trinajstić information content (AvgIpc) is 2.36. The third kappa shape index (κ3) is 3.20. The van der Waals surface area contributed by atoms with E-state index < -0.39 is 0 Å². The Bertz CT molecular complexity index is 488. The molecule has 4 heteroatoms. The summed E-state index contributed by atoms with van der Waals surface area (Å²) in [7, 11) is 0. The Kier molecular flexibility index (Phi) is 3.98. The molecule has 88 valence electrons. The molecule has 1 heterocycles. The monoisotopic (exact) mass is 292 g/mol. The molecule has 2 N–H and O–H groups in total. The summed E-state index contributed by atoms with van der Waals surface area (Å²) < 4.78 is 6.48. The van der Waals surface area contributed by atoms with Crippen molar-refractivity contribution in [2.24, 2.45) is 0 Å².